The summed E-state index contributed by atoms with van der Waals surface area (Å²) in [7, 11) is 0. The van der Waals surface area contributed by atoms with Gasteiger partial charge in [0.15, 0.2) is 0 Å². The third kappa shape index (κ3) is 4.53. The maximum Gasteiger partial charge on any atom is 0.147 e. The number of hydrogen-bond donors (Lipinski definition) is 1. The Labute approximate surface area is 136 Å². The Hall–Kier alpha value is -1.00. The molecule has 20 heavy (non-hydrogen) atoms. The lowest BCUT2D eigenvalue weighted by molar-refractivity contribution is 0.303. The van der Waals surface area contributed by atoms with Crippen molar-refractivity contribution >= 4 is 37.5 Å². The van der Waals surface area contributed by atoms with Crippen LogP contribution < -0.4 is 10.5 Å². The highest BCUT2D eigenvalue weighted by Crippen LogP contribution is 2.35. The molecule has 2 N–H and O–H groups in total. The van der Waals surface area contributed by atoms with Crippen molar-refractivity contribution in [1.82, 2.24) is 0 Å². The molecule has 0 aliphatic carbocycles. The van der Waals surface area contributed by atoms with E-state index in [1.165, 1.54) is 5.56 Å². The molecule has 2 nitrogen and oxygen atoms in total. The van der Waals surface area contributed by atoms with Gasteiger partial charge in [0.05, 0.1) is 15.6 Å². The molecule has 0 atom stereocenters. The molecular formula is C16H17Br2NO. The van der Waals surface area contributed by atoms with Gasteiger partial charge in [0.1, 0.15) is 5.75 Å². The van der Waals surface area contributed by atoms with Crippen molar-refractivity contribution in [3.63, 3.8) is 0 Å². The summed E-state index contributed by atoms with van der Waals surface area (Å²) in [5.74, 6) is 0.818. The summed E-state index contributed by atoms with van der Waals surface area (Å²) >= 11 is 6.94. The fourth-order valence-electron chi connectivity index (χ4n) is 1.97. The number of halogens is 2. The predicted octanol–water partition coefficient (Wildman–Crippen LogP) is 5.20. The first-order valence-electron chi connectivity index (χ1n) is 6.58. The van der Waals surface area contributed by atoms with E-state index < -0.39 is 0 Å². The van der Waals surface area contributed by atoms with E-state index in [0.29, 0.717) is 12.3 Å². The van der Waals surface area contributed by atoms with Crippen LogP contribution in [0.1, 0.15) is 18.4 Å². The third-order valence-corrected chi connectivity index (χ3v) is 4.15. The highest BCUT2D eigenvalue weighted by Gasteiger charge is 2.07. The molecular weight excluding hydrogens is 382 g/mol. The van der Waals surface area contributed by atoms with Crippen LogP contribution in [0.3, 0.4) is 0 Å². The lowest BCUT2D eigenvalue weighted by Gasteiger charge is -2.11. The van der Waals surface area contributed by atoms with Gasteiger partial charge in [-0.25, -0.2) is 0 Å². The summed E-state index contributed by atoms with van der Waals surface area (Å²) in [4.78, 5) is 0. The quantitative estimate of drug-likeness (QED) is 0.536. The van der Waals surface area contributed by atoms with Crippen LogP contribution in [0, 0.1) is 0 Å². The number of anilines is 1. The summed E-state index contributed by atoms with van der Waals surface area (Å²) < 4.78 is 7.57. The summed E-state index contributed by atoms with van der Waals surface area (Å²) in [6, 6.07) is 14.2. The largest absolute Gasteiger partial charge is 0.491 e. The van der Waals surface area contributed by atoms with E-state index in [4.69, 9.17) is 10.5 Å². The molecule has 2 aromatic carbocycles. The Balaban J connectivity index is 1.76. The standard InChI is InChI=1S/C16H17Br2NO/c17-14-10-13(19)11-15(18)16(14)20-9-5-4-8-12-6-2-1-3-7-12/h1-3,6-7,10-11H,4-5,8-9,19H2. The molecule has 0 saturated heterocycles. The van der Waals surface area contributed by atoms with Crippen molar-refractivity contribution in [3.8, 4) is 5.75 Å². The van der Waals surface area contributed by atoms with Crippen LogP contribution in [0.4, 0.5) is 5.69 Å². The second kappa shape index (κ2) is 7.70. The maximum atomic E-state index is 5.81. The Morgan fingerprint density at radius 3 is 2.25 bits per heavy atom. The molecule has 0 heterocycles. The van der Waals surface area contributed by atoms with Crippen molar-refractivity contribution in [1.29, 1.82) is 0 Å². The van der Waals surface area contributed by atoms with Crippen molar-refractivity contribution in [2.45, 2.75) is 19.3 Å². The van der Waals surface area contributed by atoms with Crippen molar-refractivity contribution < 1.29 is 4.74 Å². The predicted molar refractivity (Wildman–Crippen MR) is 91.1 cm³/mol. The minimum atomic E-state index is 0.702. The zero-order valence-electron chi connectivity index (χ0n) is 11.1. The topological polar surface area (TPSA) is 35.2 Å². The Morgan fingerprint density at radius 2 is 1.60 bits per heavy atom. The van der Waals surface area contributed by atoms with E-state index >= 15 is 0 Å². The summed E-state index contributed by atoms with van der Waals surface area (Å²) in [6.07, 6.45) is 3.24. The van der Waals surface area contributed by atoms with E-state index in [0.717, 1.165) is 34.0 Å². The average Bonchev–Trinajstić information content (AvgIpc) is 2.42. The van der Waals surface area contributed by atoms with Gasteiger partial charge in [0.25, 0.3) is 0 Å². The highest BCUT2D eigenvalue weighted by atomic mass is 79.9. The summed E-state index contributed by atoms with van der Waals surface area (Å²) in [5.41, 5.74) is 7.84. The van der Waals surface area contributed by atoms with Gasteiger partial charge in [0.2, 0.25) is 0 Å². The molecule has 0 aliphatic heterocycles. The number of ether oxygens (including phenoxy) is 1. The number of benzene rings is 2. The number of nitrogens with two attached hydrogens (primary N) is 1. The SMILES string of the molecule is Nc1cc(Br)c(OCCCCc2ccccc2)c(Br)c1. The van der Waals surface area contributed by atoms with Gasteiger partial charge in [-0.15, -0.1) is 0 Å². The molecule has 2 rings (SSSR count). The van der Waals surface area contributed by atoms with Crippen LogP contribution in [0.2, 0.25) is 0 Å². The lowest BCUT2D eigenvalue weighted by atomic mass is 10.1. The van der Waals surface area contributed by atoms with Gasteiger partial charge in [-0.1, -0.05) is 30.3 Å². The third-order valence-electron chi connectivity index (χ3n) is 2.97. The minimum absolute atomic E-state index is 0.702. The second-order valence-electron chi connectivity index (χ2n) is 4.60. The number of aryl methyl sites for hydroxylation is 1. The van der Waals surface area contributed by atoms with Crippen LogP contribution in [-0.2, 0) is 6.42 Å². The van der Waals surface area contributed by atoms with Gasteiger partial charge in [-0.2, -0.15) is 0 Å². The van der Waals surface area contributed by atoms with E-state index in [9.17, 15) is 0 Å². The van der Waals surface area contributed by atoms with Gasteiger partial charge < -0.3 is 10.5 Å². The van der Waals surface area contributed by atoms with E-state index in [1.54, 1.807) is 0 Å². The van der Waals surface area contributed by atoms with Gasteiger partial charge >= 0.3 is 0 Å². The molecule has 0 amide bonds. The number of rotatable bonds is 6. The molecule has 0 fully saturated rings. The number of nitrogen functional groups attached to an aromatic ring is 1. The molecule has 0 aromatic heterocycles. The molecule has 0 bridgehead atoms. The Bertz CT molecular complexity index is 535. The van der Waals surface area contributed by atoms with E-state index in [-0.39, 0.29) is 0 Å². The monoisotopic (exact) mass is 397 g/mol. The first-order chi connectivity index (χ1) is 9.66. The molecule has 0 spiro atoms. The molecule has 0 aliphatic rings. The lowest BCUT2D eigenvalue weighted by Crippen LogP contribution is -2.00. The maximum absolute atomic E-state index is 5.81. The molecule has 4 heteroatoms. The Kier molecular flexibility index (Phi) is 5.92. The summed E-state index contributed by atoms with van der Waals surface area (Å²) in [6.45, 7) is 0.702. The normalized spacial score (nSPS) is 10.5. The second-order valence-corrected chi connectivity index (χ2v) is 6.31. The Morgan fingerprint density at radius 1 is 0.950 bits per heavy atom. The van der Waals surface area contributed by atoms with Gasteiger partial charge in [-0.3, -0.25) is 0 Å². The fraction of sp³-hybridized carbons (Fsp3) is 0.250. The minimum Gasteiger partial charge on any atom is -0.491 e. The average molecular weight is 399 g/mol. The van der Waals surface area contributed by atoms with Gasteiger partial charge in [-0.05, 0) is 68.8 Å². The van der Waals surface area contributed by atoms with Crippen LogP contribution in [0.25, 0.3) is 0 Å². The van der Waals surface area contributed by atoms with Crippen LogP contribution in [0.15, 0.2) is 51.4 Å². The van der Waals surface area contributed by atoms with E-state index in [1.807, 2.05) is 18.2 Å². The molecule has 106 valence electrons. The molecule has 2 aromatic rings. The van der Waals surface area contributed by atoms with Crippen molar-refractivity contribution in [2.75, 3.05) is 12.3 Å². The molecule has 0 unspecified atom stereocenters. The first kappa shape index (κ1) is 15.4. The van der Waals surface area contributed by atoms with E-state index in [2.05, 4.69) is 56.1 Å². The van der Waals surface area contributed by atoms with Crippen molar-refractivity contribution in [3.05, 3.63) is 57.0 Å². The smallest absolute Gasteiger partial charge is 0.147 e. The first-order valence-corrected chi connectivity index (χ1v) is 8.16. The molecule has 0 radical (unpaired) electrons. The van der Waals surface area contributed by atoms with Crippen LogP contribution >= 0.6 is 31.9 Å². The highest BCUT2D eigenvalue weighted by molar-refractivity contribution is 9.11. The summed E-state index contributed by atoms with van der Waals surface area (Å²) in [5, 5.41) is 0. The zero-order valence-corrected chi connectivity index (χ0v) is 14.3. The number of unbranched alkanes of at least 4 members (excludes halogenated alkanes) is 1. The molecule has 0 saturated carbocycles. The fourth-order valence-corrected chi connectivity index (χ4v) is 3.42. The number of hydrogen-bond acceptors (Lipinski definition) is 2. The van der Waals surface area contributed by atoms with Crippen molar-refractivity contribution in [2.24, 2.45) is 0 Å². The van der Waals surface area contributed by atoms with Crippen LogP contribution in [0.5, 0.6) is 5.75 Å². The van der Waals surface area contributed by atoms with Gasteiger partial charge in [0, 0.05) is 5.69 Å². The zero-order chi connectivity index (χ0) is 14.4. The van der Waals surface area contributed by atoms with Crippen LogP contribution in [-0.4, -0.2) is 6.61 Å².